The van der Waals surface area contributed by atoms with Gasteiger partial charge in [-0.3, -0.25) is 0 Å². The van der Waals surface area contributed by atoms with Crippen LogP contribution in [0.3, 0.4) is 0 Å². The Morgan fingerprint density at radius 2 is 2.27 bits per heavy atom. The zero-order chi connectivity index (χ0) is 8.27. The molecule has 1 fully saturated rings. The van der Waals surface area contributed by atoms with Crippen molar-refractivity contribution in [3.8, 4) is 0 Å². The minimum Gasteiger partial charge on any atom is -0.380 e. The van der Waals surface area contributed by atoms with Gasteiger partial charge in [-0.1, -0.05) is 22.6 Å². The van der Waals surface area contributed by atoms with E-state index in [9.17, 15) is 4.79 Å². The van der Waals surface area contributed by atoms with Gasteiger partial charge in [0.1, 0.15) is 6.29 Å². The first-order valence-electron chi connectivity index (χ1n) is 3.90. The number of ether oxygens (including phenoxy) is 1. The van der Waals surface area contributed by atoms with Crippen molar-refractivity contribution < 1.29 is 9.53 Å². The molecule has 3 atom stereocenters. The standard InChI is InChI=1S/C8H13IO2/c1-11-8-4-6(5-10)2-3-7(8)9/h5-8H,2-4H2,1H3/t6-,7-,8-/m1/s1. The highest BCUT2D eigenvalue weighted by atomic mass is 127. The number of aldehydes is 1. The molecule has 3 heteroatoms. The van der Waals surface area contributed by atoms with Crippen molar-refractivity contribution in [2.45, 2.75) is 29.3 Å². The molecule has 64 valence electrons. The molecule has 1 aliphatic carbocycles. The summed E-state index contributed by atoms with van der Waals surface area (Å²) in [4.78, 5) is 10.5. The van der Waals surface area contributed by atoms with Crippen LogP contribution in [-0.4, -0.2) is 23.4 Å². The summed E-state index contributed by atoms with van der Waals surface area (Å²) in [5.74, 6) is 0.242. The molecular formula is C8H13IO2. The fourth-order valence-corrected chi connectivity index (χ4v) is 2.44. The van der Waals surface area contributed by atoms with Crippen LogP contribution in [0.15, 0.2) is 0 Å². The van der Waals surface area contributed by atoms with E-state index in [4.69, 9.17) is 4.74 Å². The van der Waals surface area contributed by atoms with Crippen molar-refractivity contribution in [2.24, 2.45) is 5.92 Å². The lowest BCUT2D eigenvalue weighted by Crippen LogP contribution is -2.31. The van der Waals surface area contributed by atoms with Gasteiger partial charge in [0.25, 0.3) is 0 Å². The lowest BCUT2D eigenvalue weighted by atomic mass is 9.88. The summed E-state index contributed by atoms with van der Waals surface area (Å²) in [6.45, 7) is 0. The minimum atomic E-state index is 0.242. The second-order valence-corrected chi connectivity index (χ2v) is 4.60. The summed E-state index contributed by atoms with van der Waals surface area (Å²) in [7, 11) is 1.73. The SMILES string of the molecule is CO[C@@H]1C[C@H](C=O)CC[C@H]1I. The monoisotopic (exact) mass is 268 g/mol. The molecular weight excluding hydrogens is 255 g/mol. The molecule has 1 aliphatic rings. The van der Waals surface area contributed by atoms with Gasteiger partial charge in [-0.05, 0) is 19.3 Å². The molecule has 1 saturated carbocycles. The zero-order valence-corrected chi connectivity index (χ0v) is 8.78. The van der Waals surface area contributed by atoms with E-state index in [1.807, 2.05) is 0 Å². The fourth-order valence-electron chi connectivity index (χ4n) is 1.49. The number of methoxy groups -OCH3 is 1. The number of carbonyl (C=O) groups excluding carboxylic acids is 1. The highest BCUT2D eigenvalue weighted by Gasteiger charge is 2.28. The molecule has 0 spiro atoms. The molecule has 0 amide bonds. The van der Waals surface area contributed by atoms with Gasteiger partial charge in [0.2, 0.25) is 0 Å². The molecule has 0 aromatic rings. The average molecular weight is 268 g/mol. The summed E-state index contributed by atoms with van der Waals surface area (Å²) in [6, 6.07) is 0. The van der Waals surface area contributed by atoms with Gasteiger partial charge in [-0.25, -0.2) is 0 Å². The summed E-state index contributed by atoms with van der Waals surface area (Å²) < 4.78 is 5.86. The molecule has 0 aliphatic heterocycles. The maximum absolute atomic E-state index is 10.5. The van der Waals surface area contributed by atoms with Gasteiger partial charge in [-0.2, -0.15) is 0 Å². The first kappa shape index (κ1) is 9.45. The Balaban J connectivity index is 2.43. The topological polar surface area (TPSA) is 26.3 Å². The Bertz CT molecular complexity index is 138. The molecule has 11 heavy (non-hydrogen) atoms. The third kappa shape index (κ3) is 2.40. The van der Waals surface area contributed by atoms with Crippen molar-refractivity contribution >= 4 is 28.9 Å². The number of hydrogen-bond donors (Lipinski definition) is 0. The molecule has 1 rings (SSSR count). The first-order valence-corrected chi connectivity index (χ1v) is 5.14. The van der Waals surface area contributed by atoms with Gasteiger partial charge in [0.15, 0.2) is 0 Å². The van der Waals surface area contributed by atoms with E-state index in [-0.39, 0.29) is 5.92 Å². The second-order valence-electron chi connectivity index (χ2n) is 3.00. The molecule has 0 radical (unpaired) electrons. The Hall–Kier alpha value is 0.360. The summed E-state index contributed by atoms with van der Waals surface area (Å²) in [6.07, 6.45) is 4.42. The largest absolute Gasteiger partial charge is 0.380 e. The Kier molecular flexibility index (Phi) is 3.78. The van der Waals surface area contributed by atoms with Crippen LogP contribution in [0.2, 0.25) is 0 Å². The normalized spacial score (nSPS) is 38.5. The van der Waals surface area contributed by atoms with Gasteiger partial charge >= 0.3 is 0 Å². The highest BCUT2D eigenvalue weighted by molar-refractivity contribution is 14.1. The van der Waals surface area contributed by atoms with Crippen molar-refractivity contribution in [1.29, 1.82) is 0 Å². The van der Waals surface area contributed by atoms with Crippen molar-refractivity contribution in [3.63, 3.8) is 0 Å². The molecule has 0 unspecified atom stereocenters. The van der Waals surface area contributed by atoms with Crippen molar-refractivity contribution in [3.05, 3.63) is 0 Å². The van der Waals surface area contributed by atoms with Gasteiger partial charge < -0.3 is 9.53 Å². The lowest BCUT2D eigenvalue weighted by Gasteiger charge is -2.29. The maximum atomic E-state index is 10.5. The van der Waals surface area contributed by atoms with Gasteiger partial charge in [0, 0.05) is 17.0 Å². The minimum absolute atomic E-state index is 0.242. The van der Waals surface area contributed by atoms with E-state index in [2.05, 4.69) is 22.6 Å². The van der Waals surface area contributed by atoms with E-state index >= 15 is 0 Å². The van der Waals surface area contributed by atoms with E-state index in [1.54, 1.807) is 7.11 Å². The van der Waals surface area contributed by atoms with Crippen LogP contribution in [0.4, 0.5) is 0 Å². The molecule has 0 saturated heterocycles. The number of carbonyl (C=O) groups is 1. The third-order valence-corrected chi connectivity index (χ3v) is 3.67. The lowest BCUT2D eigenvalue weighted by molar-refractivity contribution is -0.113. The number of halogens is 1. The fraction of sp³-hybridized carbons (Fsp3) is 0.875. The summed E-state index contributed by atoms with van der Waals surface area (Å²) >= 11 is 2.40. The van der Waals surface area contributed by atoms with Gasteiger partial charge in [-0.15, -0.1) is 0 Å². The van der Waals surface area contributed by atoms with Crippen LogP contribution in [0.25, 0.3) is 0 Å². The van der Waals surface area contributed by atoms with Crippen molar-refractivity contribution in [2.75, 3.05) is 7.11 Å². The molecule has 0 aromatic heterocycles. The van der Waals surface area contributed by atoms with Crippen LogP contribution in [0.1, 0.15) is 19.3 Å². The molecule has 2 nitrogen and oxygen atoms in total. The third-order valence-electron chi connectivity index (χ3n) is 2.25. The summed E-state index contributed by atoms with van der Waals surface area (Å²) in [5.41, 5.74) is 0. The van der Waals surface area contributed by atoms with Crippen molar-refractivity contribution in [1.82, 2.24) is 0 Å². The predicted molar refractivity (Wildman–Crippen MR) is 52.0 cm³/mol. The van der Waals surface area contributed by atoms with E-state index < -0.39 is 0 Å². The number of rotatable bonds is 2. The summed E-state index contributed by atoms with van der Waals surface area (Å²) in [5, 5.41) is 0. The number of alkyl halides is 1. The molecule has 0 heterocycles. The Morgan fingerprint density at radius 1 is 1.55 bits per heavy atom. The highest BCUT2D eigenvalue weighted by Crippen LogP contribution is 2.29. The first-order chi connectivity index (χ1) is 5.27. The van der Waals surface area contributed by atoms with Gasteiger partial charge in [0.05, 0.1) is 6.10 Å². The van der Waals surface area contributed by atoms with Crippen LogP contribution in [-0.2, 0) is 9.53 Å². The maximum Gasteiger partial charge on any atom is 0.123 e. The molecule has 0 bridgehead atoms. The van der Waals surface area contributed by atoms with Crippen LogP contribution >= 0.6 is 22.6 Å². The quantitative estimate of drug-likeness (QED) is 0.433. The average Bonchev–Trinajstić information content (AvgIpc) is 2.05. The molecule has 0 aromatic carbocycles. The van der Waals surface area contributed by atoms with E-state index in [0.29, 0.717) is 10.0 Å². The van der Waals surface area contributed by atoms with E-state index in [1.165, 1.54) is 0 Å². The molecule has 0 N–H and O–H groups in total. The van der Waals surface area contributed by atoms with Crippen LogP contribution in [0, 0.1) is 5.92 Å². The van der Waals surface area contributed by atoms with Crippen LogP contribution < -0.4 is 0 Å². The smallest absolute Gasteiger partial charge is 0.123 e. The van der Waals surface area contributed by atoms with E-state index in [0.717, 1.165) is 25.5 Å². The Morgan fingerprint density at radius 3 is 2.82 bits per heavy atom. The predicted octanol–water partition coefficient (Wildman–Crippen LogP) is 1.80. The second kappa shape index (κ2) is 4.40. The van der Waals surface area contributed by atoms with Crippen LogP contribution in [0.5, 0.6) is 0 Å². The number of hydrogen-bond acceptors (Lipinski definition) is 2. The Labute approximate surface area is 80.8 Å². The zero-order valence-electron chi connectivity index (χ0n) is 6.63.